The number of anilines is 1. The maximum atomic E-state index is 12.2. The van der Waals surface area contributed by atoms with Gasteiger partial charge in [-0.3, -0.25) is 4.79 Å². The third-order valence-electron chi connectivity index (χ3n) is 3.58. The number of hydrogen-bond acceptors (Lipinski definition) is 4. The molecule has 1 amide bonds. The zero-order valence-corrected chi connectivity index (χ0v) is 12.3. The monoisotopic (exact) mass is 285 g/mol. The molecule has 1 fully saturated rings. The molecular formula is C16H19N3O2. The van der Waals surface area contributed by atoms with Crippen molar-refractivity contribution in [3.63, 3.8) is 0 Å². The van der Waals surface area contributed by atoms with Gasteiger partial charge in [-0.05, 0) is 31.0 Å². The first-order valence-corrected chi connectivity index (χ1v) is 6.93. The Hall–Kier alpha value is -2.32. The average molecular weight is 285 g/mol. The van der Waals surface area contributed by atoms with Crippen molar-refractivity contribution in [2.75, 3.05) is 31.6 Å². The summed E-state index contributed by atoms with van der Waals surface area (Å²) in [7, 11) is 0. The van der Waals surface area contributed by atoms with Crippen molar-refractivity contribution in [2.45, 2.75) is 13.8 Å². The molecule has 110 valence electrons. The number of aryl methyl sites for hydroxylation is 1. The van der Waals surface area contributed by atoms with Gasteiger partial charge >= 0.3 is 0 Å². The van der Waals surface area contributed by atoms with E-state index >= 15 is 0 Å². The Labute approximate surface area is 124 Å². The molecule has 0 saturated carbocycles. The number of amides is 1. The Morgan fingerprint density at radius 3 is 2.76 bits per heavy atom. The maximum absolute atomic E-state index is 12.2. The summed E-state index contributed by atoms with van der Waals surface area (Å²) in [5.74, 6) is -0.377. The van der Waals surface area contributed by atoms with E-state index in [1.54, 1.807) is 6.20 Å². The number of rotatable bonds is 3. The van der Waals surface area contributed by atoms with Crippen LogP contribution in [0.2, 0.25) is 0 Å². The lowest BCUT2D eigenvalue weighted by Gasteiger charge is -2.25. The van der Waals surface area contributed by atoms with E-state index in [0.29, 0.717) is 26.3 Å². The van der Waals surface area contributed by atoms with Gasteiger partial charge in [-0.25, -0.2) is 0 Å². The molecule has 1 heterocycles. The third-order valence-corrected chi connectivity index (χ3v) is 3.58. The molecule has 1 aliphatic rings. The first-order chi connectivity index (χ1) is 10.1. The largest absolute Gasteiger partial charge is 0.378 e. The fourth-order valence-electron chi connectivity index (χ4n) is 2.10. The molecule has 0 bridgehead atoms. The van der Waals surface area contributed by atoms with Crippen molar-refractivity contribution in [3.05, 3.63) is 41.1 Å². The smallest absolute Gasteiger partial charge is 0.267 e. The van der Waals surface area contributed by atoms with Crippen molar-refractivity contribution in [1.82, 2.24) is 4.90 Å². The summed E-state index contributed by atoms with van der Waals surface area (Å²) >= 11 is 0. The second kappa shape index (κ2) is 6.91. The highest BCUT2D eigenvalue weighted by atomic mass is 16.5. The predicted molar refractivity (Wildman–Crippen MR) is 80.6 cm³/mol. The van der Waals surface area contributed by atoms with E-state index in [2.05, 4.69) is 5.32 Å². The second-order valence-electron chi connectivity index (χ2n) is 5.00. The van der Waals surface area contributed by atoms with Crippen LogP contribution in [-0.4, -0.2) is 37.1 Å². The molecule has 2 rings (SSSR count). The topological polar surface area (TPSA) is 65.4 Å². The lowest BCUT2D eigenvalue weighted by molar-refractivity contribution is -0.112. The number of hydrogen-bond donors (Lipinski definition) is 1. The molecule has 1 aliphatic heterocycles. The Morgan fingerprint density at radius 1 is 1.38 bits per heavy atom. The summed E-state index contributed by atoms with van der Waals surface area (Å²) in [6.07, 6.45) is 1.61. The van der Waals surface area contributed by atoms with E-state index in [-0.39, 0.29) is 11.5 Å². The van der Waals surface area contributed by atoms with Gasteiger partial charge in [0.15, 0.2) is 0 Å². The van der Waals surface area contributed by atoms with Crippen LogP contribution in [0, 0.1) is 25.2 Å². The van der Waals surface area contributed by atoms with Gasteiger partial charge in [0.25, 0.3) is 5.91 Å². The molecule has 1 saturated heterocycles. The highest BCUT2D eigenvalue weighted by Gasteiger charge is 2.14. The molecular weight excluding hydrogens is 266 g/mol. The van der Waals surface area contributed by atoms with Crippen LogP contribution >= 0.6 is 0 Å². The van der Waals surface area contributed by atoms with Crippen molar-refractivity contribution < 1.29 is 9.53 Å². The van der Waals surface area contributed by atoms with Crippen molar-refractivity contribution in [1.29, 1.82) is 5.26 Å². The predicted octanol–water partition coefficient (Wildman–Crippen LogP) is 1.98. The van der Waals surface area contributed by atoms with Gasteiger partial charge in [0, 0.05) is 25.0 Å². The lowest BCUT2D eigenvalue weighted by Crippen LogP contribution is -2.33. The summed E-state index contributed by atoms with van der Waals surface area (Å²) in [6.45, 7) is 6.56. The minimum atomic E-state index is -0.377. The van der Waals surface area contributed by atoms with Gasteiger partial charge < -0.3 is 15.0 Å². The Bertz CT molecular complexity index is 596. The highest BCUT2D eigenvalue weighted by Crippen LogP contribution is 2.18. The van der Waals surface area contributed by atoms with E-state index in [0.717, 1.165) is 16.8 Å². The number of morpholine rings is 1. The van der Waals surface area contributed by atoms with E-state index in [1.807, 2.05) is 43.0 Å². The van der Waals surface area contributed by atoms with Crippen LogP contribution < -0.4 is 5.32 Å². The standard InChI is InChI=1S/C16H19N3O2/c1-12-4-3-5-15(13(12)2)18-16(20)14(10-17)11-19-6-8-21-9-7-19/h3-5,11H,6-9H2,1-2H3,(H,18,20)/b14-11-. The first-order valence-electron chi connectivity index (χ1n) is 6.93. The lowest BCUT2D eigenvalue weighted by atomic mass is 10.1. The molecule has 0 spiro atoms. The maximum Gasteiger partial charge on any atom is 0.267 e. The zero-order chi connectivity index (χ0) is 15.2. The second-order valence-corrected chi connectivity index (χ2v) is 5.00. The van der Waals surface area contributed by atoms with Gasteiger partial charge in [-0.15, -0.1) is 0 Å². The number of carbonyl (C=O) groups is 1. The van der Waals surface area contributed by atoms with Gasteiger partial charge in [-0.1, -0.05) is 12.1 Å². The number of nitriles is 1. The summed E-state index contributed by atoms with van der Waals surface area (Å²) in [6, 6.07) is 7.68. The van der Waals surface area contributed by atoms with Crippen LogP contribution in [-0.2, 0) is 9.53 Å². The molecule has 5 heteroatoms. The van der Waals surface area contributed by atoms with Crippen LogP contribution in [0.25, 0.3) is 0 Å². The zero-order valence-electron chi connectivity index (χ0n) is 12.3. The molecule has 0 unspecified atom stereocenters. The van der Waals surface area contributed by atoms with Crippen LogP contribution in [0.3, 0.4) is 0 Å². The minimum absolute atomic E-state index is 0.109. The summed E-state index contributed by atoms with van der Waals surface area (Å²) in [4.78, 5) is 14.2. The Kier molecular flexibility index (Phi) is 4.96. The van der Waals surface area contributed by atoms with Crippen molar-refractivity contribution >= 4 is 11.6 Å². The average Bonchev–Trinajstić information content (AvgIpc) is 2.50. The summed E-state index contributed by atoms with van der Waals surface area (Å²) in [5.41, 5.74) is 2.96. The molecule has 0 atom stereocenters. The normalized spacial score (nSPS) is 15.5. The molecule has 0 aromatic heterocycles. The highest BCUT2D eigenvalue weighted by molar-refractivity contribution is 6.06. The van der Waals surface area contributed by atoms with E-state index < -0.39 is 0 Å². The van der Waals surface area contributed by atoms with Crippen LogP contribution in [0.1, 0.15) is 11.1 Å². The fraction of sp³-hybridized carbons (Fsp3) is 0.375. The van der Waals surface area contributed by atoms with Gasteiger partial charge in [0.05, 0.1) is 13.2 Å². The summed E-state index contributed by atoms with van der Waals surface area (Å²) in [5, 5.41) is 12.0. The van der Waals surface area contributed by atoms with E-state index in [9.17, 15) is 10.1 Å². The molecule has 1 aromatic rings. The Morgan fingerprint density at radius 2 is 2.10 bits per heavy atom. The number of nitrogens with zero attached hydrogens (tertiary/aromatic N) is 2. The Balaban J connectivity index is 2.11. The number of nitrogens with one attached hydrogen (secondary N) is 1. The van der Waals surface area contributed by atoms with Gasteiger partial charge in [0.2, 0.25) is 0 Å². The quantitative estimate of drug-likeness (QED) is 0.681. The minimum Gasteiger partial charge on any atom is -0.378 e. The van der Waals surface area contributed by atoms with Crippen LogP contribution in [0.4, 0.5) is 5.69 Å². The molecule has 21 heavy (non-hydrogen) atoms. The van der Waals surface area contributed by atoms with E-state index in [4.69, 9.17) is 4.74 Å². The van der Waals surface area contributed by atoms with Crippen molar-refractivity contribution in [2.24, 2.45) is 0 Å². The first kappa shape index (κ1) is 15.1. The van der Waals surface area contributed by atoms with Crippen LogP contribution in [0.5, 0.6) is 0 Å². The van der Waals surface area contributed by atoms with Gasteiger partial charge in [-0.2, -0.15) is 5.26 Å². The molecule has 1 aromatic carbocycles. The van der Waals surface area contributed by atoms with Gasteiger partial charge in [0.1, 0.15) is 11.6 Å². The number of benzene rings is 1. The molecule has 1 N–H and O–H groups in total. The fourth-order valence-corrected chi connectivity index (χ4v) is 2.10. The number of carbonyl (C=O) groups excluding carboxylic acids is 1. The van der Waals surface area contributed by atoms with Crippen molar-refractivity contribution in [3.8, 4) is 6.07 Å². The molecule has 0 aliphatic carbocycles. The molecule has 0 radical (unpaired) electrons. The third kappa shape index (κ3) is 3.83. The molecule has 5 nitrogen and oxygen atoms in total. The van der Waals surface area contributed by atoms with E-state index in [1.165, 1.54) is 0 Å². The number of ether oxygens (including phenoxy) is 1. The SMILES string of the molecule is Cc1cccc(NC(=O)/C(C#N)=C\N2CCOCC2)c1C. The van der Waals surface area contributed by atoms with Crippen LogP contribution in [0.15, 0.2) is 30.0 Å². The summed E-state index contributed by atoms with van der Waals surface area (Å²) < 4.78 is 5.25.